The lowest BCUT2D eigenvalue weighted by molar-refractivity contribution is 0.190. The Balaban J connectivity index is 0.00000316. The van der Waals surface area contributed by atoms with Crippen LogP contribution in [0.5, 0.6) is 0 Å². The first-order valence-corrected chi connectivity index (χ1v) is 13.2. The van der Waals surface area contributed by atoms with E-state index < -0.39 is 5.82 Å². The fourth-order valence-corrected chi connectivity index (χ4v) is 5.30. The third-order valence-corrected chi connectivity index (χ3v) is 7.43. The molecule has 13 heteroatoms. The Labute approximate surface area is 245 Å². The Morgan fingerprint density at radius 1 is 1.10 bits per heavy atom. The van der Waals surface area contributed by atoms with Gasteiger partial charge in [0.05, 0.1) is 52.7 Å². The third kappa shape index (κ3) is 5.07. The van der Waals surface area contributed by atoms with Crippen LogP contribution in [0.2, 0.25) is 0 Å². The Kier molecular flexibility index (Phi) is 7.34. The first-order chi connectivity index (χ1) is 20.1. The second-order valence-corrected chi connectivity index (χ2v) is 10.0. The van der Waals surface area contributed by atoms with E-state index in [-0.39, 0.29) is 30.7 Å². The summed E-state index contributed by atoms with van der Waals surface area (Å²) in [5.74, 6) is -0.505. The number of nitrogens with one attached hydrogen (secondary N) is 3. The van der Waals surface area contributed by atoms with Crippen molar-refractivity contribution in [2.45, 2.75) is 25.6 Å². The van der Waals surface area contributed by atoms with Gasteiger partial charge in [-0.1, -0.05) is 11.3 Å². The molecule has 0 bridgehead atoms. The van der Waals surface area contributed by atoms with Gasteiger partial charge in [0.1, 0.15) is 5.52 Å². The molecule has 42 heavy (non-hydrogen) atoms. The van der Waals surface area contributed by atoms with Gasteiger partial charge in [-0.25, -0.2) is 13.9 Å². The molecule has 0 spiro atoms. The van der Waals surface area contributed by atoms with E-state index in [1.807, 2.05) is 28.9 Å². The molecule has 1 atom stereocenters. The molecule has 0 saturated carbocycles. The summed E-state index contributed by atoms with van der Waals surface area (Å²) in [6.07, 6.45) is 2.63. The van der Waals surface area contributed by atoms with Crippen molar-refractivity contribution < 1.29 is 9.13 Å². The topological polar surface area (TPSA) is 142 Å². The van der Waals surface area contributed by atoms with Crippen molar-refractivity contribution in [3.63, 3.8) is 0 Å². The molecule has 1 aliphatic heterocycles. The van der Waals surface area contributed by atoms with E-state index in [0.29, 0.717) is 53.1 Å². The molecule has 0 aliphatic carbocycles. The van der Waals surface area contributed by atoms with Crippen molar-refractivity contribution in [2.75, 3.05) is 13.2 Å². The van der Waals surface area contributed by atoms with Crippen LogP contribution in [0.25, 0.3) is 39.0 Å². The van der Waals surface area contributed by atoms with E-state index in [4.69, 9.17) is 4.74 Å². The zero-order valence-electron chi connectivity index (χ0n) is 22.3. The average Bonchev–Trinajstić information content (AvgIpc) is 3.78. The summed E-state index contributed by atoms with van der Waals surface area (Å²) in [6, 6.07) is 18.5. The van der Waals surface area contributed by atoms with E-state index in [9.17, 15) is 10.1 Å². The number of rotatable bonds is 7. The molecule has 11 nitrogen and oxygen atoms in total. The number of nitriles is 1. The average molecular weight is 584 g/mol. The van der Waals surface area contributed by atoms with Crippen LogP contribution < -0.4 is 11.0 Å². The van der Waals surface area contributed by atoms with Gasteiger partial charge < -0.3 is 20.0 Å². The molecule has 4 heterocycles. The molecule has 3 N–H and O–H groups in total. The van der Waals surface area contributed by atoms with E-state index in [1.165, 1.54) is 6.07 Å². The number of imidazole rings is 1. The van der Waals surface area contributed by atoms with Crippen molar-refractivity contribution in [1.82, 2.24) is 40.1 Å². The molecule has 1 aliphatic rings. The second-order valence-electron chi connectivity index (χ2n) is 10.0. The summed E-state index contributed by atoms with van der Waals surface area (Å²) >= 11 is 0. The molecule has 0 amide bonds. The predicted octanol–water partition coefficient (Wildman–Crippen LogP) is 3.50. The summed E-state index contributed by atoms with van der Waals surface area (Å²) in [5, 5.41) is 25.8. The fraction of sp³-hybridized carbons (Fsp3) is 0.207. The van der Waals surface area contributed by atoms with Gasteiger partial charge in [0, 0.05) is 31.0 Å². The Bertz CT molecular complexity index is 2010. The Morgan fingerprint density at radius 3 is 2.81 bits per heavy atom. The summed E-state index contributed by atoms with van der Waals surface area (Å²) in [5.41, 5.74) is 6.13. The molecule has 3 aromatic heterocycles. The standard InChI is InChI=1S/C29H24FN9O2.H2S/c30-23-10-19(11-27-28(23)36-37-39(27)22-3-4-24-25(12-22)35-29(40)34-24)26-5-7-33-38(26)15-18-2-1-17(13-31)9-20(18)14-32-21-6-8-41-16-21;/h1-5,7,9-12,21,32H,6,8,14-16H2,(H2,34,35,40);1H2/t21-;/m0./s1. The second kappa shape index (κ2) is 11.2. The van der Waals surface area contributed by atoms with Gasteiger partial charge >= 0.3 is 5.69 Å². The summed E-state index contributed by atoms with van der Waals surface area (Å²) in [4.78, 5) is 17.2. The zero-order valence-corrected chi connectivity index (χ0v) is 23.3. The molecular weight excluding hydrogens is 557 g/mol. The van der Waals surface area contributed by atoms with Crippen molar-refractivity contribution in [1.29, 1.82) is 5.26 Å². The molecule has 3 aromatic carbocycles. The number of benzene rings is 3. The monoisotopic (exact) mass is 583 g/mol. The molecule has 1 saturated heterocycles. The van der Waals surface area contributed by atoms with Gasteiger partial charge in [0.2, 0.25) is 0 Å². The third-order valence-electron chi connectivity index (χ3n) is 7.43. The van der Waals surface area contributed by atoms with Gasteiger partial charge in [-0.3, -0.25) is 4.68 Å². The zero-order chi connectivity index (χ0) is 27.9. The number of aromatic nitrogens is 7. The van der Waals surface area contributed by atoms with Crippen LogP contribution in [0.3, 0.4) is 0 Å². The number of fused-ring (bicyclic) bond motifs is 2. The van der Waals surface area contributed by atoms with E-state index in [0.717, 1.165) is 29.8 Å². The molecule has 0 radical (unpaired) electrons. The van der Waals surface area contributed by atoms with E-state index >= 15 is 4.39 Å². The van der Waals surface area contributed by atoms with Crippen LogP contribution in [-0.2, 0) is 17.8 Å². The number of aromatic amines is 2. The fourth-order valence-electron chi connectivity index (χ4n) is 5.30. The number of hydrogen-bond donors (Lipinski definition) is 3. The van der Waals surface area contributed by atoms with Crippen LogP contribution in [0.1, 0.15) is 23.1 Å². The maximum atomic E-state index is 15.3. The van der Waals surface area contributed by atoms with Crippen LogP contribution in [0, 0.1) is 17.1 Å². The van der Waals surface area contributed by atoms with E-state index in [2.05, 4.69) is 36.8 Å². The van der Waals surface area contributed by atoms with Crippen molar-refractivity contribution >= 4 is 35.6 Å². The van der Waals surface area contributed by atoms with Crippen LogP contribution in [0.15, 0.2) is 65.6 Å². The highest BCUT2D eigenvalue weighted by molar-refractivity contribution is 7.59. The highest BCUT2D eigenvalue weighted by Crippen LogP contribution is 2.29. The highest BCUT2D eigenvalue weighted by Gasteiger charge is 2.18. The Morgan fingerprint density at radius 2 is 1.98 bits per heavy atom. The molecule has 6 aromatic rings. The lowest BCUT2D eigenvalue weighted by Gasteiger charge is -2.16. The molecule has 1 fully saturated rings. The van der Waals surface area contributed by atoms with Crippen LogP contribution in [0.4, 0.5) is 4.39 Å². The molecule has 7 rings (SSSR count). The molecule has 212 valence electrons. The minimum Gasteiger partial charge on any atom is -0.380 e. The number of hydrogen-bond acceptors (Lipinski definition) is 7. The Hall–Kier alpha value is -4.77. The van der Waals surface area contributed by atoms with Gasteiger partial charge in [0.25, 0.3) is 0 Å². The van der Waals surface area contributed by atoms with Gasteiger partial charge in [-0.05, 0) is 66.1 Å². The summed E-state index contributed by atoms with van der Waals surface area (Å²) in [7, 11) is 0. The maximum Gasteiger partial charge on any atom is 0.323 e. The first kappa shape index (κ1) is 27.4. The number of nitrogens with zero attached hydrogens (tertiary/aromatic N) is 6. The summed E-state index contributed by atoms with van der Waals surface area (Å²) < 4.78 is 24.2. The smallest absolute Gasteiger partial charge is 0.323 e. The highest BCUT2D eigenvalue weighted by atomic mass is 32.1. The summed E-state index contributed by atoms with van der Waals surface area (Å²) in [6.45, 7) is 2.45. The number of H-pyrrole nitrogens is 2. The molecule has 0 unspecified atom stereocenters. The van der Waals surface area contributed by atoms with Crippen LogP contribution >= 0.6 is 13.5 Å². The first-order valence-electron chi connectivity index (χ1n) is 13.2. The van der Waals surface area contributed by atoms with Crippen molar-refractivity contribution in [2.24, 2.45) is 0 Å². The van der Waals surface area contributed by atoms with Crippen molar-refractivity contribution in [3.8, 4) is 23.0 Å². The quantitative estimate of drug-likeness (QED) is 0.261. The van der Waals surface area contributed by atoms with Crippen LogP contribution in [-0.4, -0.2) is 54.0 Å². The number of halogens is 1. The van der Waals surface area contributed by atoms with E-state index in [1.54, 1.807) is 35.1 Å². The van der Waals surface area contributed by atoms with Gasteiger partial charge in [0.15, 0.2) is 5.82 Å². The van der Waals surface area contributed by atoms with Gasteiger partial charge in [-0.15, -0.1) is 5.10 Å². The minimum atomic E-state index is -0.505. The largest absolute Gasteiger partial charge is 0.380 e. The SMILES string of the molecule is N#Cc1ccc(Cn2nccc2-c2cc(F)c3nnn(-c4ccc5[nH]c(=O)[nH]c5c4)c3c2)c(CN[C@H]2CCOC2)c1.S. The lowest BCUT2D eigenvalue weighted by Crippen LogP contribution is -2.29. The maximum absolute atomic E-state index is 15.3. The molecular formula is C29H26FN9O2S. The van der Waals surface area contributed by atoms with Gasteiger partial charge in [-0.2, -0.15) is 23.9 Å². The normalized spacial score (nSPS) is 14.8. The minimum absolute atomic E-state index is 0. The lowest BCUT2D eigenvalue weighted by atomic mass is 10.0. The predicted molar refractivity (Wildman–Crippen MR) is 159 cm³/mol. The van der Waals surface area contributed by atoms with Crippen molar-refractivity contribution in [3.05, 3.63) is 93.8 Å². The number of ether oxygens (including phenoxy) is 1.